The summed E-state index contributed by atoms with van der Waals surface area (Å²) in [4.78, 5) is 13.6. The summed E-state index contributed by atoms with van der Waals surface area (Å²) in [6.07, 6.45) is 12.0. The molecule has 1 unspecified atom stereocenters. The van der Waals surface area contributed by atoms with Crippen molar-refractivity contribution >= 4 is 29.1 Å². The third-order valence-corrected chi connectivity index (χ3v) is 4.93. The molecule has 146 valence electrons. The molecule has 1 aromatic carbocycles. The molecule has 1 atom stereocenters. The predicted octanol–water partition coefficient (Wildman–Crippen LogP) is 3.59. The Morgan fingerprint density at radius 2 is 2.10 bits per heavy atom. The van der Waals surface area contributed by atoms with Gasteiger partial charge in [0.15, 0.2) is 29.4 Å². The van der Waals surface area contributed by atoms with E-state index >= 15 is 0 Å². The predicted molar refractivity (Wildman–Crippen MR) is 110 cm³/mol. The van der Waals surface area contributed by atoms with Crippen molar-refractivity contribution in [3.05, 3.63) is 60.4 Å². The van der Waals surface area contributed by atoms with Crippen LogP contribution in [-0.2, 0) is 4.74 Å². The zero-order valence-electron chi connectivity index (χ0n) is 16.0. The lowest BCUT2D eigenvalue weighted by molar-refractivity contribution is 0.355. The number of hydrogen-bond donors (Lipinski definition) is 1. The van der Waals surface area contributed by atoms with Gasteiger partial charge in [-0.05, 0) is 24.6 Å². The van der Waals surface area contributed by atoms with Crippen molar-refractivity contribution in [1.82, 2.24) is 14.4 Å². The molecule has 0 bridgehead atoms. The molecule has 8 nitrogen and oxygen atoms in total. The number of nitrogens with one attached hydrogen (secondary N) is 1. The summed E-state index contributed by atoms with van der Waals surface area (Å²) >= 11 is 0. The molecule has 0 fully saturated rings. The first-order valence-corrected chi connectivity index (χ1v) is 9.18. The molecule has 2 aliphatic rings. The van der Waals surface area contributed by atoms with E-state index in [9.17, 15) is 0 Å². The van der Waals surface area contributed by atoms with Crippen LogP contribution < -0.4 is 14.8 Å². The highest BCUT2D eigenvalue weighted by Gasteiger charge is 2.23. The summed E-state index contributed by atoms with van der Waals surface area (Å²) in [5.41, 5.74) is 3.36. The third-order valence-electron chi connectivity index (χ3n) is 4.93. The maximum absolute atomic E-state index is 5.49. The molecule has 0 saturated heterocycles. The van der Waals surface area contributed by atoms with Crippen molar-refractivity contribution in [3.63, 3.8) is 0 Å². The second-order valence-corrected chi connectivity index (χ2v) is 6.66. The fourth-order valence-corrected chi connectivity index (χ4v) is 3.46. The minimum atomic E-state index is 0.0834. The summed E-state index contributed by atoms with van der Waals surface area (Å²) < 4.78 is 18.2. The van der Waals surface area contributed by atoms with Crippen LogP contribution >= 0.6 is 0 Å². The highest BCUT2D eigenvalue weighted by atomic mass is 16.5. The van der Waals surface area contributed by atoms with Crippen LogP contribution in [0.25, 0.3) is 11.2 Å². The first-order valence-electron chi connectivity index (χ1n) is 9.18. The lowest BCUT2D eigenvalue weighted by atomic mass is 10.00. The standard InChI is InChI=1S/C21H19N5O3/c1-27-17-6-4-14(10-19(17)28-2)24-20-21-22-7-8-26(21)11-16(25-20)13-3-5-15-18(9-13)29-12-23-15/h3-4,6-12,15H,5H2,1-2H3,(H,24,25). The number of methoxy groups -OCH3 is 2. The van der Waals surface area contributed by atoms with Gasteiger partial charge >= 0.3 is 0 Å². The largest absolute Gasteiger partial charge is 0.493 e. The fraction of sp³-hybridized carbons (Fsp3) is 0.190. The normalized spacial score (nSPS) is 17.4. The lowest BCUT2D eigenvalue weighted by Gasteiger charge is -2.16. The van der Waals surface area contributed by atoms with Gasteiger partial charge in [-0.1, -0.05) is 6.08 Å². The minimum Gasteiger partial charge on any atom is -0.493 e. The average Bonchev–Trinajstić information content (AvgIpc) is 3.42. The molecule has 29 heavy (non-hydrogen) atoms. The van der Waals surface area contributed by atoms with E-state index in [0.29, 0.717) is 17.3 Å². The molecule has 2 aromatic heterocycles. The quantitative estimate of drug-likeness (QED) is 0.718. The van der Waals surface area contributed by atoms with Crippen LogP contribution in [0.15, 0.2) is 59.7 Å². The van der Waals surface area contributed by atoms with Crippen LogP contribution in [0.2, 0.25) is 0 Å². The summed E-state index contributed by atoms with van der Waals surface area (Å²) in [7, 11) is 3.22. The van der Waals surface area contributed by atoms with Gasteiger partial charge < -0.3 is 23.9 Å². The number of anilines is 2. The summed E-state index contributed by atoms with van der Waals surface area (Å²) in [5, 5.41) is 3.35. The zero-order chi connectivity index (χ0) is 19.8. The number of aromatic nitrogens is 3. The second kappa shape index (κ2) is 6.97. The zero-order valence-corrected chi connectivity index (χ0v) is 16.0. The van der Waals surface area contributed by atoms with E-state index in [1.165, 1.54) is 6.40 Å². The Kier molecular flexibility index (Phi) is 4.16. The third kappa shape index (κ3) is 3.08. The second-order valence-electron chi connectivity index (χ2n) is 6.66. The number of ether oxygens (including phenoxy) is 3. The number of imidazole rings is 1. The number of hydrogen-bond acceptors (Lipinski definition) is 7. The van der Waals surface area contributed by atoms with Crippen molar-refractivity contribution in [2.75, 3.05) is 19.5 Å². The lowest BCUT2D eigenvalue weighted by Crippen LogP contribution is -2.09. The SMILES string of the molecule is COc1ccc(Nc2nc(C3=CCC4N=COC4=C3)cn3ccnc23)cc1OC. The Hall–Kier alpha value is -3.81. The molecule has 3 aromatic rings. The number of fused-ring (bicyclic) bond motifs is 2. The van der Waals surface area contributed by atoms with Crippen molar-refractivity contribution < 1.29 is 14.2 Å². The van der Waals surface area contributed by atoms with Crippen LogP contribution in [-0.4, -0.2) is 41.0 Å². The van der Waals surface area contributed by atoms with Crippen molar-refractivity contribution in [3.8, 4) is 11.5 Å². The van der Waals surface area contributed by atoms with Gasteiger partial charge in [-0.3, -0.25) is 0 Å². The highest BCUT2D eigenvalue weighted by molar-refractivity contribution is 5.79. The van der Waals surface area contributed by atoms with E-state index in [0.717, 1.165) is 34.8 Å². The Bertz CT molecular complexity index is 1180. The van der Waals surface area contributed by atoms with Gasteiger partial charge in [0.05, 0.1) is 19.9 Å². The molecule has 1 N–H and O–H groups in total. The average molecular weight is 389 g/mol. The molecule has 0 radical (unpaired) electrons. The van der Waals surface area contributed by atoms with Gasteiger partial charge in [0, 0.05) is 35.9 Å². The number of nitrogens with zero attached hydrogens (tertiary/aromatic N) is 4. The molecule has 0 spiro atoms. The number of aliphatic imine (C=N–C) groups is 1. The number of allylic oxidation sites excluding steroid dienone is 2. The van der Waals surface area contributed by atoms with Crippen LogP contribution in [0.4, 0.5) is 11.5 Å². The van der Waals surface area contributed by atoms with E-state index in [4.69, 9.17) is 19.2 Å². The van der Waals surface area contributed by atoms with Gasteiger partial charge in [0.1, 0.15) is 11.8 Å². The highest BCUT2D eigenvalue weighted by Crippen LogP contribution is 2.33. The Balaban J connectivity index is 1.53. The number of benzene rings is 1. The van der Waals surface area contributed by atoms with E-state index in [-0.39, 0.29) is 6.04 Å². The monoisotopic (exact) mass is 389 g/mol. The molecule has 5 rings (SSSR count). The first-order chi connectivity index (χ1) is 14.2. The fourth-order valence-electron chi connectivity index (χ4n) is 3.46. The van der Waals surface area contributed by atoms with Gasteiger partial charge in [-0.25, -0.2) is 15.0 Å². The van der Waals surface area contributed by atoms with Crippen molar-refractivity contribution in [2.45, 2.75) is 12.5 Å². The molecule has 3 heterocycles. The first kappa shape index (κ1) is 17.3. The molecule has 0 saturated carbocycles. The molecule has 1 aliphatic carbocycles. The van der Waals surface area contributed by atoms with E-state index in [1.54, 1.807) is 20.4 Å². The maximum atomic E-state index is 5.49. The molecular weight excluding hydrogens is 370 g/mol. The molecule has 1 aliphatic heterocycles. The maximum Gasteiger partial charge on any atom is 0.180 e. The van der Waals surface area contributed by atoms with Crippen LogP contribution in [0, 0.1) is 0 Å². The molecule has 0 amide bonds. The Labute approximate surface area is 167 Å². The van der Waals surface area contributed by atoms with Gasteiger partial charge in [0.2, 0.25) is 0 Å². The van der Waals surface area contributed by atoms with Crippen molar-refractivity contribution in [1.29, 1.82) is 0 Å². The van der Waals surface area contributed by atoms with Gasteiger partial charge in [-0.2, -0.15) is 0 Å². The summed E-state index contributed by atoms with van der Waals surface area (Å²) in [5.74, 6) is 2.80. The minimum absolute atomic E-state index is 0.0834. The van der Waals surface area contributed by atoms with Crippen LogP contribution in [0.1, 0.15) is 12.1 Å². The van der Waals surface area contributed by atoms with Crippen LogP contribution in [0.5, 0.6) is 11.5 Å². The van der Waals surface area contributed by atoms with E-state index in [1.807, 2.05) is 41.1 Å². The number of rotatable bonds is 5. The molecular formula is C21H19N5O3. The summed E-state index contributed by atoms with van der Waals surface area (Å²) in [6.45, 7) is 0. The smallest absolute Gasteiger partial charge is 0.180 e. The van der Waals surface area contributed by atoms with E-state index < -0.39 is 0 Å². The molecule has 8 heteroatoms. The Morgan fingerprint density at radius 3 is 2.97 bits per heavy atom. The van der Waals surface area contributed by atoms with Crippen molar-refractivity contribution in [2.24, 2.45) is 4.99 Å². The Morgan fingerprint density at radius 1 is 1.21 bits per heavy atom. The van der Waals surface area contributed by atoms with Gasteiger partial charge in [0.25, 0.3) is 0 Å². The van der Waals surface area contributed by atoms with Gasteiger partial charge in [-0.15, -0.1) is 0 Å². The topological polar surface area (TPSA) is 82.3 Å². The van der Waals surface area contributed by atoms with E-state index in [2.05, 4.69) is 21.4 Å². The van der Waals surface area contributed by atoms with Crippen LogP contribution in [0.3, 0.4) is 0 Å². The summed E-state index contributed by atoms with van der Waals surface area (Å²) in [6, 6.07) is 5.70.